The third-order valence-electron chi connectivity index (χ3n) is 2.53. The highest BCUT2D eigenvalue weighted by Gasteiger charge is 2.17. The van der Waals surface area contributed by atoms with E-state index in [4.69, 9.17) is 16.2 Å². The van der Waals surface area contributed by atoms with Crippen molar-refractivity contribution in [1.29, 1.82) is 0 Å². The molecule has 0 bridgehead atoms. The van der Waals surface area contributed by atoms with E-state index in [1.807, 2.05) is 27.7 Å². The number of primary amides is 2. The van der Waals surface area contributed by atoms with Crippen molar-refractivity contribution in [3.8, 4) is 0 Å². The lowest BCUT2D eigenvalue weighted by atomic mass is 10.0. The summed E-state index contributed by atoms with van der Waals surface area (Å²) in [5.41, 5.74) is 9.28. The van der Waals surface area contributed by atoms with E-state index < -0.39 is 23.1 Å². The van der Waals surface area contributed by atoms with E-state index in [1.165, 1.54) is 12.5 Å². The molecule has 0 aromatic carbocycles. The Morgan fingerprint density at radius 1 is 0.905 bits per heavy atom. The first-order valence-corrected chi connectivity index (χ1v) is 6.65. The predicted octanol–water partition coefficient (Wildman–Crippen LogP) is 1.70. The Morgan fingerprint density at radius 2 is 1.24 bits per heavy atom. The van der Waals surface area contributed by atoms with Gasteiger partial charge in [0, 0.05) is 11.1 Å². The van der Waals surface area contributed by atoms with E-state index in [2.05, 4.69) is 10.6 Å². The molecular formula is C14H26N4O3. The summed E-state index contributed by atoms with van der Waals surface area (Å²) >= 11 is 0. The van der Waals surface area contributed by atoms with Crippen LogP contribution in [0.3, 0.4) is 0 Å². The third-order valence-corrected chi connectivity index (χ3v) is 2.53. The zero-order valence-electron chi connectivity index (χ0n) is 13.1. The van der Waals surface area contributed by atoms with Crippen LogP contribution < -0.4 is 22.1 Å². The summed E-state index contributed by atoms with van der Waals surface area (Å²) in [7, 11) is 0. The molecule has 0 unspecified atom stereocenters. The van der Waals surface area contributed by atoms with E-state index in [-0.39, 0.29) is 0 Å². The molecule has 0 aliphatic carbocycles. The van der Waals surface area contributed by atoms with Crippen molar-refractivity contribution < 1.29 is 14.3 Å². The average Bonchev–Trinajstić information content (AvgIpc) is 2.23. The van der Waals surface area contributed by atoms with Crippen LogP contribution in [0.2, 0.25) is 0 Å². The molecule has 7 heteroatoms. The zero-order chi connectivity index (χ0) is 16.5. The van der Waals surface area contributed by atoms with E-state index in [0.717, 1.165) is 0 Å². The molecule has 0 radical (unpaired) electrons. The topological polar surface area (TPSA) is 119 Å². The molecule has 0 rings (SSSR count). The zero-order valence-corrected chi connectivity index (χ0v) is 13.1. The van der Waals surface area contributed by atoms with Crippen molar-refractivity contribution >= 4 is 12.1 Å². The fourth-order valence-corrected chi connectivity index (χ4v) is 1.61. The Kier molecular flexibility index (Phi) is 7.33. The number of carbonyl (C=O) groups excluding carboxylic acids is 2. The van der Waals surface area contributed by atoms with Gasteiger partial charge in [0.1, 0.15) is 0 Å². The van der Waals surface area contributed by atoms with Crippen LogP contribution in [0.5, 0.6) is 0 Å². The quantitative estimate of drug-likeness (QED) is 0.510. The Labute approximate surface area is 125 Å². The van der Waals surface area contributed by atoms with Crippen LogP contribution >= 0.6 is 0 Å². The third kappa shape index (κ3) is 11.4. The first-order valence-electron chi connectivity index (χ1n) is 6.65. The van der Waals surface area contributed by atoms with Crippen molar-refractivity contribution in [3.63, 3.8) is 0 Å². The molecule has 0 aromatic heterocycles. The highest BCUT2D eigenvalue weighted by atomic mass is 16.5. The monoisotopic (exact) mass is 298 g/mol. The van der Waals surface area contributed by atoms with Gasteiger partial charge in [0.05, 0.1) is 12.5 Å². The average molecular weight is 298 g/mol. The maximum Gasteiger partial charge on any atom is 0.312 e. The molecule has 0 saturated heterocycles. The Bertz CT molecular complexity index is 376. The molecule has 21 heavy (non-hydrogen) atoms. The smallest absolute Gasteiger partial charge is 0.312 e. The van der Waals surface area contributed by atoms with Crippen molar-refractivity contribution in [3.05, 3.63) is 24.7 Å². The summed E-state index contributed by atoms with van der Waals surface area (Å²) in [6, 6.07) is -1.11. The minimum Gasteiger partial charge on any atom is -0.473 e. The predicted molar refractivity (Wildman–Crippen MR) is 82.2 cm³/mol. The molecule has 0 atom stereocenters. The molecule has 7 nitrogen and oxygen atoms in total. The van der Waals surface area contributed by atoms with Crippen molar-refractivity contribution in [2.75, 3.05) is 0 Å². The highest BCUT2D eigenvalue weighted by Crippen LogP contribution is 2.10. The lowest BCUT2D eigenvalue weighted by Gasteiger charge is -2.23. The van der Waals surface area contributed by atoms with Crippen LogP contribution in [-0.4, -0.2) is 23.1 Å². The van der Waals surface area contributed by atoms with Crippen LogP contribution in [0.4, 0.5) is 9.59 Å². The van der Waals surface area contributed by atoms with E-state index in [1.54, 1.807) is 12.2 Å². The van der Waals surface area contributed by atoms with E-state index in [9.17, 15) is 9.59 Å². The summed E-state index contributed by atoms with van der Waals surface area (Å²) in [4.78, 5) is 21.5. The molecule has 4 amide bonds. The molecule has 6 N–H and O–H groups in total. The molecule has 0 spiro atoms. The van der Waals surface area contributed by atoms with Gasteiger partial charge in [-0.3, -0.25) is 0 Å². The van der Waals surface area contributed by atoms with Crippen molar-refractivity contribution in [2.45, 2.75) is 51.6 Å². The summed E-state index contributed by atoms with van der Waals surface area (Å²) in [6.07, 6.45) is 7.78. The second-order valence-corrected chi connectivity index (χ2v) is 6.03. The second kappa shape index (κ2) is 8.18. The van der Waals surface area contributed by atoms with Crippen LogP contribution in [0.1, 0.15) is 40.5 Å². The SMILES string of the molecule is CC(C)(CC=COC=CCC(C)(C)NC(N)=O)NC(N)=O. The number of amides is 4. The number of carbonyl (C=O) groups is 2. The minimum atomic E-state index is -0.557. The van der Waals surface area contributed by atoms with Gasteiger partial charge in [-0.25, -0.2) is 9.59 Å². The van der Waals surface area contributed by atoms with Gasteiger partial charge in [-0.1, -0.05) is 0 Å². The fraction of sp³-hybridized carbons (Fsp3) is 0.571. The summed E-state index contributed by atoms with van der Waals surface area (Å²) < 4.78 is 5.19. The number of nitrogens with two attached hydrogens (primary N) is 2. The first kappa shape index (κ1) is 18.8. The molecule has 0 fully saturated rings. The Balaban J connectivity index is 4.03. The van der Waals surface area contributed by atoms with E-state index in [0.29, 0.717) is 12.8 Å². The van der Waals surface area contributed by atoms with Crippen molar-refractivity contribution in [2.24, 2.45) is 11.5 Å². The van der Waals surface area contributed by atoms with E-state index >= 15 is 0 Å². The summed E-state index contributed by atoms with van der Waals surface area (Å²) in [5, 5.41) is 5.24. The van der Waals surface area contributed by atoms with Gasteiger partial charge < -0.3 is 26.8 Å². The number of urea groups is 2. The van der Waals surface area contributed by atoms with Gasteiger partial charge in [0.2, 0.25) is 0 Å². The van der Waals surface area contributed by atoms with Crippen LogP contribution in [0.25, 0.3) is 0 Å². The van der Waals surface area contributed by atoms with Gasteiger partial charge in [0.25, 0.3) is 0 Å². The van der Waals surface area contributed by atoms with Crippen molar-refractivity contribution in [1.82, 2.24) is 10.6 Å². The second-order valence-electron chi connectivity index (χ2n) is 6.03. The molecule has 120 valence electrons. The van der Waals surface area contributed by atoms with Crippen LogP contribution in [0, 0.1) is 0 Å². The molecule has 0 aromatic rings. The summed E-state index contributed by atoms with van der Waals surface area (Å²) in [6.45, 7) is 7.43. The number of hydrogen-bond acceptors (Lipinski definition) is 3. The van der Waals surface area contributed by atoms with Crippen LogP contribution in [-0.2, 0) is 4.74 Å². The molecule has 0 aliphatic heterocycles. The van der Waals surface area contributed by atoms with Gasteiger partial charge in [-0.15, -0.1) is 0 Å². The Hall–Kier alpha value is -2.18. The van der Waals surface area contributed by atoms with Gasteiger partial charge in [0.15, 0.2) is 0 Å². The molecule has 0 saturated carbocycles. The highest BCUT2D eigenvalue weighted by molar-refractivity contribution is 5.72. The Morgan fingerprint density at radius 3 is 1.52 bits per heavy atom. The largest absolute Gasteiger partial charge is 0.473 e. The maximum atomic E-state index is 10.8. The standard InChI is InChI=1S/C14H26N4O3/c1-13(2,17-11(15)19)7-5-9-21-10-6-8-14(3,4)18-12(16)20/h5-6,9-10H,7-8H2,1-4H3,(H3,15,17,19)(H3,16,18,20). The fourth-order valence-electron chi connectivity index (χ4n) is 1.61. The number of ether oxygens (including phenoxy) is 1. The number of hydrogen-bond donors (Lipinski definition) is 4. The molecular weight excluding hydrogens is 272 g/mol. The van der Waals surface area contributed by atoms with Gasteiger partial charge >= 0.3 is 12.1 Å². The lowest BCUT2D eigenvalue weighted by Crippen LogP contribution is -2.45. The number of rotatable bonds is 8. The maximum absolute atomic E-state index is 10.8. The molecule has 0 heterocycles. The normalized spacial score (nSPS) is 12.6. The lowest BCUT2D eigenvalue weighted by molar-refractivity contribution is 0.237. The van der Waals surface area contributed by atoms with Crippen LogP contribution in [0.15, 0.2) is 24.7 Å². The molecule has 0 aliphatic rings. The van der Waals surface area contributed by atoms with Gasteiger partial charge in [-0.05, 0) is 52.7 Å². The summed E-state index contributed by atoms with van der Waals surface area (Å²) in [5.74, 6) is 0. The number of nitrogens with one attached hydrogen (secondary N) is 2. The minimum absolute atomic E-state index is 0.428. The van der Waals surface area contributed by atoms with Gasteiger partial charge in [-0.2, -0.15) is 0 Å². The first-order chi connectivity index (χ1) is 9.54.